The van der Waals surface area contributed by atoms with Gasteiger partial charge in [0, 0.05) is 18.7 Å². The van der Waals surface area contributed by atoms with Gasteiger partial charge < -0.3 is 9.67 Å². The number of carboxylic acid groups (broad SMARTS) is 1. The average molecular weight is 206 g/mol. The third-order valence-electron chi connectivity index (χ3n) is 3.32. The molecule has 1 aromatic rings. The summed E-state index contributed by atoms with van der Waals surface area (Å²) in [6.45, 7) is 0.929. The molecule has 15 heavy (non-hydrogen) atoms. The lowest BCUT2D eigenvalue weighted by Gasteiger charge is -2.19. The number of aryl methyl sites for hydroxylation is 1. The van der Waals surface area contributed by atoms with Crippen molar-refractivity contribution in [2.24, 2.45) is 0 Å². The van der Waals surface area contributed by atoms with E-state index in [1.165, 1.54) is 12.8 Å². The number of hydrogen-bond acceptors (Lipinski definition) is 2. The fourth-order valence-electron chi connectivity index (χ4n) is 2.31. The lowest BCUT2D eigenvalue weighted by molar-refractivity contribution is -0.139. The van der Waals surface area contributed by atoms with Crippen LogP contribution in [0.25, 0.3) is 0 Å². The van der Waals surface area contributed by atoms with E-state index in [0.717, 1.165) is 30.9 Å². The van der Waals surface area contributed by atoms with Gasteiger partial charge in [0.1, 0.15) is 11.7 Å². The van der Waals surface area contributed by atoms with Gasteiger partial charge in [-0.1, -0.05) is 0 Å². The standard InChI is InChI=1S/C11H14N2O2/c14-11(15)8-2-1-5-13-6-9(7-3-4-7)12-10(8)13/h6-8H,1-5H2,(H,14,15)/t8-/m0/s1. The number of imidazole rings is 1. The third kappa shape index (κ3) is 1.44. The molecule has 1 fully saturated rings. The van der Waals surface area contributed by atoms with Crippen molar-refractivity contribution in [3.63, 3.8) is 0 Å². The van der Waals surface area contributed by atoms with E-state index >= 15 is 0 Å². The number of aromatic nitrogens is 2. The van der Waals surface area contributed by atoms with Crippen LogP contribution in [0.5, 0.6) is 0 Å². The Hall–Kier alpha value is -1.32. The third-order valence-corrected chi connectivity index (χ3v) is 3.32. The van der Waals surface area contributed by atoms with E-state index in [-0.39, 0.29) is 5.92 Å². The Kier molecular flexibility index (Phi) is 1.84. The lowest BCUT2D eigenvalue weighted by atomic mass is 9.99. The van der Waals surface area contributed by atoms with Gasteiger partial charge in [-0.3, -0.25) is 4.79 Å². The maximum Gasteiger partial charge on any atom is 0.314 e. The summed E-state index contributed by atoms with van der Waals surface area (Å²) in [6.07, 6.45) is 6.17. The Labute approximate surface area is 87.9 Å². The molecule has 1 aliphatic carbocycles. The number of nitrogens with zero attached hydrogens (tertiary/aromatic N) is 2. The van der Waals surface area contributed by atoms with E-state index < -0.39 is 5.97 Å². The zero-order chi connectivity index (χ0) is 10.4. The Morgan fingerprint density at radius 1 is 1.47 bits per heavy atom. The monoisotopic (exact) mass is 206 g/mol. The fourth-order valence-corrected chi connectivity index (χ4v) is 2.31. The molecule has 0 unspecified atom stereocenters. The predicted molar refractivity (Wildman–Crippen MR) is 53.8 cm³/mol. The van der Waals surface area contributed by atoms with E-state index in [1.54, 1.807) is 0 Å². The summed E-state index contributed by atoms with van der Waals surface area (Å²) in [6, 6.07) is 0. The molecule has 1 aromatic heterocycles. The summed E-state index contributed by atoms with van der Waals surface area (Å²) in [4.78, 5) is 15.6. The van der Waals surface area contributed by atoms with Crippen molar-refractivity contribution in [2.45, 2.75) is 44.1 Å². The normalized spacial score (nSPS) is 24.9. The average Bonchev–Trinajstić information content (AvgIpc) is 2.96. The molecule has 3 rings (SSSR count). The molecule has 0 spiro atoms. The second-order valence-corrected chi connectivity index (χ2v) is 4.52. The van der Waals surface area contributed by atoms with Crippen molar-refractivity contribution in [2.75, 3.05) is 0 Å². The molecule has 2 heterocycles. The molecule has 0 aromatic carbocycles. The molecule has 0 amide bonds. The second kappa shape index (κ2) is 3.08. The van der Waals surface area contributed by atoms with Crippen LogP contribution in [0.2, 0.25) is 0 Å². The van der Waals surface area contributed by atoms with Crippen LogP contribution >= 0.6 is 0 Å². The van der Waals surface area contributed by atoms with Gasteiger partial charge >= 0.3 is 5.97 Å². The number of carbonyl (C=O) groups is 1. The zero-order valence-electron chi connectivity index (χ0n) is 8.52. The molecule has 0 saturated heterocycles. The maximum atomic E-state index is 11.1. The summed E-state index contributed by atoms with van der Waals surface area (Å²) in [5.74, 6) is 0.267. The Morgan fingerprint density at radius 2 is 2.27 bits per heavy atom. The highest BCUT2D eigenvalue weighted by atomic mass is 16.4. The fraction of sp³-hybridized carbons (Fsp3) is 0.636. The minimum Gasteiger partial charge on any atom is -0.481 e. The van der Waals surface area contributed by atoms with Crippen LogP contribution < -0.4 is 0 Å². The summed E-state index contributed by atoms with van der Waals surface area (Å²) in [5.41, 5.74) is 1.11. The second-order valence-electron chi connectivity index (χ2n) is 4.52. The number of rotatable bonds is 2. The first-order valence-corrected chi connectivity index (χ1v) is 5.55. The first-order valence-electron chi connectivity index (χ1n) is 5.55. The van der Waals surface area contributed by atoms with Crippen LogP contribution in [0.3, 0.4) is 0 Å². The molecule has 2 aliphatic rings. The van der Waals surface area contributed by atoms with Crippen molar-refractivity contribution >= 4 is 5.97 Å². The molecule has 4 nitrogen and oxygen atoms in total. The molecule has 1 atom stereocenters. The predicted octanol–water partition coefficient (Wildman–Crippen LogP) is 1.72. The molecular formula is C11H14N2O2. The van der Waals surface area contributed by atoms with Crippen LogP contribution in [0, 0.1) is 0 Å². The zero-order valence-corrected chi connectivity index (χ0v) is 8.52. The van der Waals surface area contributed by atoms with Crippen LogP contribution in [0.15, 0.2) is 6.20 Å². The van der Waals surface area contributed by atoms with Gasteiger partial charge in [-0.05, 0) is 25.7 Å². The van der Waals surface area contributed by atoms with Gasteiger partial charge in [-0.15, -0.1) is 0 Å². The lowest BCUT2D eigenvalue weighted by Crippen LogP contribution is -2.21. The van der Waals surface area contributed by atoms with Gasteiger partial charge in [0.15, 0.2) is 0 Å². The highest BCUT2D eigenvalue weighted by Gasteiger charge is 2.32. The molecule has 80 valence electrons. The Balaban J connectivity index is 1.98. The van der Waals surface area contributed by atoms with Gasteiger partial charge in [-0.2, -0.15) is 0 Å². The summed E-state index contributed by atoms with van der Waals surface area (Å²) >= 11 is 0. The largest absolute Gasteiger partial charge is 0.481 e. The molecule has 4 heteroatoms. The highest BCUT2D eigenvalue weighted by molar-refractivity contribution is 5.75. The number of fused-ring (bicyclic) bond motifs is 1. The highest BCUT2D eigenvalue weighted by Crippen LogP contribution is 2.40. The smallest absolute Gasteiger partial charge is 0.314 e. The van der Waals surface area contributed by atoms with Gasteiger partial charge in [-0.25, -0.2) is 4.98 Å². The molecule has 1 N–H and O–H groups in total. The van der Waals surface area contributed by atoms with Crippen molar-refractivity contribution in [3.8, 4) is 0 Å². The van der Waals surface area contributed by atoms with Crippen LogP contribution in [0.4, 0.5) is 0 Å². The number of aliphatic carboxylic acids is 1. The molecule has 1 aliphatic heterocycles. The maximum absolute atomic E-state index is 11.1. The van der Waals surface area contributed by atoms with E-state index in [4.69, 9.17) is 5.11 Å². The summed E-state index contributed by atoms with van der Waals surface area (Å²) in [7, 11) is 0. The minimum atomic E-state index is -0.733. The topological polar surface area (TPSA) is 55.1 Å². The molecule has 0 radical (unpaired) electrons. The van der Waals surface area contributed by atoms with Crippen LogP contribution in [-0.4, -0.2) is 20.6 Å². The Morgan fingerprint density at radius 3 is 2.93 bits per heavy atom. The molecular weight excluding hydrogens is 192 g/mol. The van der Waals surface area contributed by atoms with E-state index in [9.17, 15) is 4.79 Å². The molecule has 1 saturated carbocycles. The van der Waals surface area contributed by atoms with Gasteiger partial charge in [0.05, 0.1) is 5.69 Å². The molecule has 0 bridgehead atoms. The van der Waals surface area contributed by atoms with Gasteiger partial charge in [0.25, 0.3) is 0 Å². The van der Waals surface area contributed by atoms with Crippen molar-refractivity contribution < 1.29 is 9.90 Å². The quantitative estimate of drug-likeness (QED) is 0.801. The summed E-state index contributed by atoms with van der Waals surface area (Å²) < 4.78 is 2.04. The van der Waals surface area contributed by atoms with Crippen LogP contribution in [0.1, 0.15) is 49.0 Å². The number of hydrogen-bond donors (Lipinski definition) is 1. The van der Waals surface area contributed by atoms with E-state index in [2.05, 4.69) is 11.2 Å². The van der Waals surface area contributed by atoms with Crippen molar-refractivity contribution in [1.82, 2.24) is 9.55 Å². The van der Waals surface area contributed by atoms with Crippen molar-refractivity contribution in [3.05, 3.63) is 17.7 Å². The first-order chi connectivity index (χ1) is 7.25. The minimum absolute atomic E-state index is 0.383. The SMILES string of the molecule is O=C(O)[C@H]1CCCn2cc(C3CC3)nc21. The number of carboxylic acids is 1. The van der Waals surface area contributed by atoms with Crippen molar-refractivity contribution in [1.29, 1.82) is 0 Å². The Bertz CT molecular complexity index is 407. The summed E-state index contributed by atoms with van der Waals surface area (Å²) in [5, 5.41) is 9.10. The van der Waals surface area contributed by atoms with E-state index in [1.807, 2.05) is 4.57 Å². The first kappa shape index (κ1) is 8.95. The van der Waals surface area contributed by atoms with Gasteiger partial charge in [0.2, 0.25) is 0 Å². The van der Waals surface area contributed by atoms with Crippen LogP contribution in [-0.2, 0) is 11.3 Å². The van der Waals surface area contributed by atoms with E-state index in [0.29, 0.717) is 5.92 Å².